The Labute approximate surface area is 152 Å². The number of aromatic nitrogens is 4. The summed E-state index contributed by atoms with van der Waals surface area (Å²) in [7, 11) is 1.86. The molecule has 0 spiro atoms. The highest BCUT2D eigenvalue weighted by Crippen LogP contribution is 2.36. The van der Waals surface area contributed by atoms with Crippen molar-refractivity contribution in [2.24, 2.45) is 13.0 Å². The lowest BCUT2D eigenvalue weighted by Gasteiger charge is -2.40. The van der Waals surface area contributed by atoms with Crippen molar-refractivity contribution in [2.45, 2.75) is 32.7 Å². The van der Waals surface area contributed by atoms with Gasteiger partial charge in [-0.05, 0) is 26.3 Å². The third-order valence-electron chi connectivity index (χ3n) is 4.80. The molecular weight excluding hydrogens is 332 g/mol. The number of rotatable bonds is 5. The van der Waals surface area contributed by atoms with Gasteiger partial charge in [0.2, 0.25) is 5.91 Å². The van der Waals surface area contributed by atoms with Crippen LogP contribution in [0.3, 0.4) is 0 Å². The van der Waals surface area contributed by atoms with Crippen LogP contribution in [0.1, 0.15) is 47.4 Å². The number of amides is 2. The Morgan fingerprint density at radius 3 is 2.85 bits per heavy atom. The third kappa shape index (κ3) is 3.74. The molecule has 1 aliphatic rings. The summed E-state index contributed by atoms with van der Waals surface area (Å²) in [5.74, 6) is 0.113. The maximum absolute atomic E-state index is 12.4. The first-order valence-electron chi connectivity index (χ1n) is 8.85. The molecule has 26 heavy (non-hydrogen) atoms. The minimum absolute atomic E-state index is 0.0763. The van der Waals surface area contributed by atoms with Crippen molar-refractivity contribution in [2.75, 3.05) is 13.1 Å². The molecule has 8 nitrogen and oxygen atoms in total. The number of hydrogen-bond donors (Lipinski definition) is 1. The lowest BCUT2D eigenvalue weighted by Crippen LogP contribution is -2.46. The highest BCUT2D eigenvalue weighted by molar-refractivity contribution is 5.93. The van der Waals surface area contributed by atoms with Gasteiger partial charge in [-0.1, -0.05) is 0 Å². The summed E-state index contributed by atoms with van der Waals surface area (Å²) in [6.07, 6.45) is 6.45. The minimum Gasteiger partial charge on any atom is -0.352 e. The quantitative estimate of drug-likeness (QED) is 0.870. The molecule has 1 saturated heterocycles. The van der Waals surface area contributed by atoms with Crippen LogP contribution in [0.25, 0.3) is 0 Å². The molecule has 1 N–H and O–H groups in total. The predicted octanol–water partition coefficient (Wildman–Crippen LogP) is 1.25. The highest BCUT2D eigenvalue weighted by atomic mass is 16.2. The summed E-state index contributed by atoms with van der Waals surface area (Å²) in [6, 6.07) is 1.64. The Hall–Kier alpha value is -2.77. The molecule has 2 aromatic heterocycles. The van der Waals surface area contributed by atoms with Crippen molar-refractivity contribution in [3.8, 4) is 0 Å². The van der Waals surface area contributed by atoms with Crippen molar-refractivity contribution in [3.63, 3.8) is 0 Å². The lowest BCUT2D eigenvalue weighted by atomic mass is 9.85. The fraction of sp³-hybridized carbons (Fsp3) is 0.500. The average molecular weight is 356 g/mol. The van der Waals surface area contributed by atoms with E-state index in [4.69, 9.17) is 0 Å². The average Bonchev–Trinajstić information content (AvgIpc) is 3.06. The van der Waals surface area contributed by atoms with Gasteiger partial charge in [0.05, 0.1) is 29.7 Å². The second-order valence-corrected chi connectivity index (χ2v) is 6.67. The van der Waals surface area contributed by atoms with Crippen LogP contribution in [0.5, 0.6) is 0 Å². The van der Waals surface area contributed by atoms with Gasteiger partial charge in [-0.3, -0.25) is 14.3 Å². The van der Waals surface area contributed by atoms with Crippen molar-refractivity contribution in [3.05, 3.63) is 41.5 Å². The smallest absolute Gasteiger partial charge is 0.252 e. The Morgan fingerprint density at radius 1 is 1.38 bits per heavy atom. The Morgan fingerprint density at radius 2 is 2.19 bits per heavy atom. The fourth-order valence-electron chi connectivity index (χ4n) is 3.58. The first-order valence-corrected chi connectivity index (χ1v) is 8.85. The number of likely N-dealkylation sites (tertiary alicyclic amines) is 1. The topological polar surface area (TPSA) is 93.0 Å². The molecular formula is C18H24N6O2. The molecule has 2 amide bonds. The van der Waals surface area contributed by atoms with Gasteiger partial charge in [-0.15, -0.1) is 0 Å². The van der Waals surface area contributed by atoms with E-state index in [1.807, 2.05) is 25.1 Å². The second-order valence-electron chi connectivity index (χ2n) is 6.67. The van der Waals surface area contributed by atoms with Crippen LogP contribution in [0, 0.1) is 12.8 Å². The van der Waals surface area contributed by atoms with Crippen LogP contribution in [-0.4, -0.2) is 49.8 Å². The Bertz CT molecular complexity index is 802. The Balaban J connectivity index is 1.76. The number of nitrogens with one attached hydrogen (secondary N) is 1. The van der Waals surface area contributed by atoms with E-state index in [-0.39, 0.29) is 23.8 Å². The number of piperidine rings is 1. The lowest BCUT2D eigenvalue weighted by molar-refractivity contribution is -0.138. The van der Waals surface area contributed by atoms with Gasteiger partial charge in [0.1, 0.15) is 0 Å². The molecule has 0 radical (unpaired) electrons. The van der Waals surface area contributed by atoms with E-state index in [9.17, 15) is 9.59 Å². The summed E-state index contributed by atoms with van der Waals surface area (Å²) in [4.78, 5) is 26.7. The minimum atomic E-state index is -0.173. The number of carbonyl (C=O) groups is 2. The van der Waals surface area contributed by atoms with Gasteiger partial charge in [-0.2, -0.15) is 15.3 Å². The van der Waals surface area contributed by atoms with Crippen molar-refractivity contribution >= 4 is 11.8 Å². The van der Waals surface area contributed by atoms with Gasteiger partial charge in [0.25, 0.3) is 5.91 Å². The number of hydrogen-bond acceptors (Lipinski definition) is 5. The van der Waals surface area contributed by atoms with Crippen molar-refractivity contribution in [1.29, 1.82) is 0 Å². The van der Waals surface area contributed by atoms with Gasteiger partial charge in [0, 0.05) is 44.2 Å². The van der Waals surface area contributed by atoms with Crippen molar-refractivity contribution in [1.82, 2.24) is 30.2 Å². The van der Waals surface area contributed by atoms with E-state index in [1.165, 1.54) is 6.20 Å². The van der Waals surface area contributed by atoms with E-state index >= 15 is 0 Å². The van der Waals surface area contributed by atoms with Crippen LogP contribution in [0.2, 0.25) is 0 Å². The van der Waals surface area contributed by atoms with Gasteiger partial charge >= 0.3 is 0 Å². The van der Waals surface area contributed by atoms with Gasteiger partial charge < -0.3 is 10.2 Å². The van der Waals surface area contributed by atoms with E-state index < -0.39 is 0 Å². The third-order valence-corrected chi connectivity index (χ3v) is 4.80. The van der Waals surface area contributed by atoms with Crippen LogP contribution in [-0.2, 0) is 11.8 Å². The fourth-order valence-corrected chi connectivity index (χ4v) is 3.58. The molecule has 1 fully saturated rings. The summed E-state index contributed by atoms with van der Waals surface area (Å²) in [6.45, 7) is 4.90. The molecule has 138 valence electrons. The van der Waals surface area contributed by atoms with Crippen molar-refractivity contribution < 1.29 is 9.59 Å². The van der Waals surface area contributed by atoms with Crippen LogP contribution >= 0.6 is 0 Å². The van der Waals surface area contributed by atoms with Crippen LogP contribution in [0.15, 0.2) is 24.7 Å². The zero-order chi connectivity index (χ0) is 18.7. The second kappa shape index (κ2) is 7.63. The molecule has 2 aromatic rings. The molecule has 0 aliphatic carbocycles. The molecule has 2 atom stereocenters. The molecule has 3 heterocycles. The predicted molar refractivity (Wildman–Crippen MR) is 95.2 cm³/mol. The maximum atomic E-state index is 12.4. The monoisotopic (exact) mass is 356 g/mol. The van der Waals surface area contributed by atoms with Gasteiger partial charge in [0.15, 0.2) is 0 Å². The summed E-state index contributed by atoms with van der Waals surface area (Å²) in [5.41, 5.74) is 2.20. The number of nitrogens with zero attached hydrogens (tertiary/aromatic N) is 5. The zero-order valence-electron chi connectivity index (χ0n) is 15.3. The van der Waals surface area contributed by atoms with Crippen LogP contribution < -0.4 is 5.32 Å². The summed E-state index contributed by atoms with van der Waals surface area (Å²) >= 11 is 0. The van der Waals surface area contributed by atoms with Gasteiger partial charge in [-0.25, -0.2) is 0 Å². The molecule has 0 unspecified atom stereocenters. The largest absolute Gasteiger partial charge is 0.352 e. The molecule has 1 aliphatic heterocycles. The molecule has 8 heteroatoms. The first kappa shape index (κ1) is 18.0. The van der Waals surface area contributed by atoms with Crippen LogP contribution in [0.4, 0.5) is 0 Å². The number of carbonyl (C=O) groups excluding carboxylic acids is 2. The normalized spacial score (nSPS) is 20.3. The zero-order valence-corrected chi connectivity index (χ0v) is 15.3. The highest BCUT2D eigenvalue weighted by Gasteiger charge is 2.36. The Kier molecular flexibility index (Phi) is 5.29. The molecule has 0 aromatic carbocycles. The molecule has 0 bridgehead atoms. The SMILES string of the molecule is CCN1C(=O)CC[C@H](CNC(=O)c2cnnc(C)c2)[C@H]1c1cnn(C)c1. The van der Waals surface area contributed by atoms with E-state index in [0.717, 1.165) is 12.0 Å². The number of aryl methyl sites for hydroxylation is 2. The van der Waals surface area contributed by atoms with E-state index in [0.29, 0.717) is 30.8 Å². The van der Waals surface area contributed by atoms with E-state index in [2.05, 4.69) is 20.6 Å². The summed E-state index contributed by atoms with van der Waals surface area (Å²) < 4.78 is 1.74. The maximum Gasteiger partial charge on any atom is 0.252 e. The molecule has 3 rings (SSSR count). The standard InChI is InChI=1S/C18H24N6O2/c1-4-24-16(25)6-5-13(17(24)15-10-21-23(3)11-15)8-19-18(26)14-7-12(2)22-20-9-14/h7,9-11,13,17H,4-6,8H2,1-3H3,(H,19,26)/t13-,17+/m1/s1. The van der Waals surface area contributed by atoms with E-state index in [1.54, 1.807) is 23.9 Å². The summed E-state index contributed by atoms with van der Waals surface area (Å²) in [5, 5.41) is 14.9. The first-order chi connectivity index (χ1) is 12.5. The molecule has 0 saturated carbocycles.